The standard InChI is InChI=1S/C23H23N3O3/c1-29-23(28)18-9-11-20(12-10-18)26-21-14-19(15-24-16-21)22(27)25-13-5-8-17-6-3-2-4-7-17/h2-4,6-7,9-12,14-16,26H,5,8,13H2,1H3,(H,25,27). The van der Waals surface area contributed by atoms with E-state index in [-0.39, 0.29) is 11.9 Å². The summed E-state index contributed by atoms with van der Waals surface area (Å²) >= 11 is 0. The third kappa shape index (κ3) is 5.90. The fourth-order valence-corrected chi connectivity index (χ4v) is 2.85. The van der Waals surface area contributed by atoms with Gasteiger partial charge >= 0.3 is 5.97 Å². The highest BCUT2D eigenvalue weighted by molar-refractivity contribution is 5.95. The summed E-state index contributed by atoms with van der Waals surface area (Å²) in [5, 5.41) is 6.11. The van der Waals surface area contributed by atoms with Gasteiger partial charge in [-0.15, -0.1) is 0 Å². The smallest absolute Gasteiger partial charge is 0.337 e. The number of pyridine rings is 1. The van der Waals surface area contributed by atoms with E-state index < -0.39 is 0 Å². The van der Waals surface area contributed by atoms with Gasteiger partial charge in [0.1, 0.15) is 0 Å². The third-order valence-corrected chi connectivity index (χ3v) is 4.37. The molecule has 6 nitrogen and oxygen atoms in total. The van der Waals surface area contributed by atoms with Crippen molar-refractivity contribution in [3.8, 4) is 0 Å². The van der Waals surface area contributed by atoms with Crippen LogP contribution in [0.3, 0.4) is 0 Å². The Morgan fingerprint density at radius 3 is 2.41 bits per heavy atom. The first kappa shape index (κ1) is 20.1. The minimum absolute atomic E-state index is 0.157. The van der Waals surface area contributed by atoms with Crippen LogP contribution in [-0.2, 0) is 11.2 Å². The summed E-state index contributed by atoms with van der Waals surface area (Å²) in [6.07, 6.45) is 4.97. The summed E-state index contributed by atoms with van der Waals surface area (Å²) in [6, 6.07) is 18.8. The predicted molar refractivity (Wildman–Crippen MR) is 112 cm³/mol. The Balaban J connectivity index is 1.53. The number of rotatable bonds is 8. The maximum absolute atomic E-state index is 12.4. The lowest BCUT2D eigenvalue weighted by molar-refractivity contribution is 0.0600. The summed E-state index contributed by atoms with van der Waals surface area (Å²) < 4.78 is 4.69. The van der Waals surface area contributed by atoms with E-state index in [4.69, 9.17) is 0 Å². The number of hydrogen-bond donors (Lipinski definition) is 2. The number of nitrogens with zero attached hydrogens (tertiary/aromatic N) is 1. The number of hydrogen-bond acceptors (Lipinski definition) is 5. The Hall–Kier alpha value is -3.67. The third-order valence-electron chi connectivity index (χ3n) is 4.37. The molecule has 0 saturated carbocycles. The highest BCUT2D eigenvalue weighted by Crippen LogP contribution is 2.18. The Labute approximate surface area is 169 Å². The van der Waals surface area contributed by atoms with Crippen molar-refractivity contribution in [2.45, 2.75) is 12.8 Å². The Bertz CT molecular complexity index is 957. The summed E-state index contributed by atoms with van der Waals surface area (Å²) in [4.78, 5) is 28.0. The first-order valence-electron chi connectivity index (χ1n) is 9.38. The largest absolute Gasteiger partial charge is 0.465 e. The van der Waals surface area contributed by atoms with Crippen LogP contribution in [0.4, 0.5) is 11.4 Å². The minimum Gasteiger partial charge on any atom is -0.465 e. The average molecular weight is 389 g/mol. The second-order valence-electron chi connectivity index (χ2n) is 6.50. The van der Waals surface area contributed by atoms with E-state index >= 15 is 0 Å². The number of nitrogens with one attached hydrogen (secondary N) is 2. The van der Waals surface area contributed by atoms with Crippen molar-refractivity contribution in [1.29, 1.82) is 0 Å². The number of carbonyl (C=O) groups is 2. The zero-order valence-electron chi connectivity index (χ0n) is 16.2. The summed E-state index contributed by atoms with van der Waals surface area (Å²) in [7, 11) is 1.35. The molecule has 1 heterocycles. The number of benzene rings is 2. The number of methoxy groups -OCH3 is 1. The number of anilines is 2. The predicted octanol–water partition coefficient (Wildman–Crippen LogP) is 3.97. The molecule has 0 aliphatic rings. The number of amides is 1. The van der Waals surface area contributed by atoms with Gasteiger partial charge in [0.2, 0.25) is 0 Å². The van der Waals surface area contributed by atoms with E-state index in [2.05, 4.69) is 32.5 Å². The van der Waals surface area contributed by atoms with Crippen molar-refractivity contribution in [1.82, 2.24) is 10.3 Å². The highest BCUT2D eigenvalue weighted by Gasteiger charge is 2.08. The van der Waals surface area contributed by atoms with Crippen LogP contribution in [0, 0.1) is 0 Å². The fraction of sp³-hybridized carbons (Fsp3) is 0.174. The maximum atomic E-state index is 12.4. The number of carbonyl (C=O) groups excluding carboxylic acids is 2. The molecule has 148 valence electrons. The van der Waals surface area contributed by atoms with Gasteiger partial charge in [-0.25, -0.2) is 4.79 Å². The molecule has 0 unspecified atom stereocenters. The van der Waals surface area contributed by atoms with Gasteiger partial charge in [0.25, 0.3) is 5.91 Å². The SMILES string of the molecule is COC(=O)c1ccc(Nc2cncc(C(=O)NCCCc3ccccc3)c2)cc1. The number of aryl methyl sites for hydroxylation is 1. The molecule has 2 aromatic carbocycles. The quantitative estimate of drug-likeness (QED) is 0.450. The molecule has 2 N–H and O–H groups in total. The molecule has 0 bridgehead atoms. The Morgan fingerprint density at radius 1 is 0.931 bits per heavy atom. The molecule has 0 aliphatic heterocycles. The number of ether oxygens (including phenoxy) is 1. The van der Waals surface area contributed by atoms with E-state index in [0.29, 0.717) is 23.4 Å². The van der Waals surface area contributed by atoms with Gasteiger partial charge in [0.15, 0.2) is 0 Å². The van der Waals surface area contributed by atoms with Crippen LogP contribution in [-0.4, -0.2) is 30.5 Å². The van der Waals surface area contributed by atoms with Crippen molar-refractivity contribution < 1.29 is 14.3 Å². The number of aromatic nitrogens is 1. The van der Waals surface area contributed by atoms with Gasteiger partial charge in [-0.2, -0.15) is 0 Å². The molecule has 1 aromatic heterocycles. The summed E-state index contributed by atoms with van der Waals surface area (Å²) in [5.41, 5.74) is 3.68. The van der Waals surface area contributed by atoms with Crippen molar-refractivity contribution in [3.05, 3.63) is 89.7 Å². The molecule has 0 radical (unpaired) electrons. The molecule has 3 aromatic rings. The van der Waals surface area contributed by atoms with E-state index in [0.717, 1.165) is 18.5 Å². The molecule has 6 heteroatoms. The van der Waals surface area contributed by atoms with Crippen LogP contribution in [0.5, 0.6) is 0 Å². The van der Waals surface area contributed by atoms with Crippen molar-refractivity contribution in [2.75, 3.05) is 19.0 Å². The maximum Gasteiger partial charge on any atom is 0.337 e. The molecule has 1 amide bonds. The molecule has 0 spiro atoms. The number of esters is 1. The lowest BCUT2D eigenvalue weighted by Crippen LogP contribution is -2.25. The Morgan fingerprint density at radius 2 is 1.69 bits per heavy atom. The minimum atomic E-state index is -0.385. The second-order valence-corrected chi connectivity index (χ2v) is 6.50. The van der Waals surface area contributed by atoms with Crippen LogP contribution in [0.2, 0.25) is 0 Å². The highest BCUT2D eigenvalue weighted by atomic mass is 16.5. The molecule has 29 heavy (non-hydrogen) atoms. The van der Waals surface area contributed by atoms with Crippen molar-refractivity contribution >= 4 is 23.3 Å². The van der Waals surface area contributed by atoms with Crippen LogP contribution in [0.25, 0.3) is 0 Å². The van der Waals surface area contributed by atoms with Crippen LogP contribution < -0.4 is 10.6 Å². The van der Waals surface area contributed by atoms with Gasteiger partial charge < -0.3 is 15.4 Å². The van der Waals surface area contributed by atoms with E-state index in [9.17, 15) is 9.59 Å². The normalized spacial score (nSPS) is 10.2. The second kappa shape index (κ2) is 10.0. The monoisotopic (exact) mass is 389 g/mol. The molecule has 0 saturated heterocycles. The van der Waals surface area contributed by atoms with E-state index in [1.807, 2.05) is 18.2 Å². The van der Waals surface area contributed by atoms with Gasteiger partial charge in [-0.1, -0.05) is 30.3 Å². The van der Waals surface area contributed by atoms with E-state index in [1.54, 1.807) is 36.5 Å². The zero-order chi connectivity index (χ0) is 20.5. The van der Waals surface area contributed by atoms with Crippen molar-refractivity contribution in [3.63, 3.8) is 0 Å². The summed E-state index contributed by atoms with van der Waals surface area (Å²) in [5.74, 6) is -0.542. The van der Waals surface area contributed by atoms with Crippen molar-refractivity contribution in [2.24, 2.45) is 0 Å². The van der Waals surface area contributed by atoms with Gasteiger partial charge in [-0.3, -0.25) is 9.78 Å². The van der Waals surface area contributed by atoms with E-state index in [1.165, 1.54) is 18.9 Å². The Kier molecular flexibility index (Phi) is 6.95. The van der Waals surface area contributed by atoms with Gasteiger partial charge in [-0.05, 0) is 48.7 Å². The molecule has 3 rings (SSSR count). The molecule has 0 atom stereocenters. The fourth-order valence-electron chi connectivity index (χ4n) is 2.85. The zero-order valence-corrected chi connectivity index (χ0v) is 16.2. The lowest BCUT2D eigenvalue weighted by Gasteiger charge is -2.09. The van der Waals surface area contributed by atoms with Crippen LogP contribution in [0.15, 0.2) is 73.1 Å². The van der Waals surface area contributed by atoms with Crippen LogP contribution in [0.1, 0.15) is 32.7 Å². The van der Waals surface area contributed by atoms with Gasteiger partial charge in [0, 0.05) is 18.4 Å². The first-order chi connectivity index (χ1) is 14.2. The molecular weight excluding hydrogens is 366 g/mol. The first-order valence-corrected chi connectivity index (χ1v) is 9.38. The molecular formula is C23H23N3O3. The average Bonchev–Trinajstić information content (AvgIpc) is 2.77. The van der Waals surface area contributed by atoms with Crippen LogP contribution >= 0.6 is 0 Å². The molecule has 0 aliphatic carbocycles. The lowest BCUT2D eigenvalue weighted by atomic mass is 10.1. The van der Waals surface area contributed by atoms with Gasteiger partial charge in [0.05, 0.1) is 30.1 Å². The summed E-state index contributed by atoms with van der Waals surface area (Å²) in [6.45, 7) is 0.598. The molecule has 0 fully saturated rings. The topological polar surface area (TPSA) is 80.3 Å².